The summed E-state index contributed by atoms with van der Waals surface area (Å²) in [4.78, 5) is 4.06. The van der Waals surface area contributed by atoms with E-state index in [-0.39, 0.29) is 16.7 Å². The topological polar surface area (TPSA) is 54.8 Å². The molecule has 0 aliphatic carbocycles. The zero-order valence-electron chi connectivity index (χ0n) is 14.0. The molecule has 0 bridgehead atoms. The van der Waals surface area contributed by atoms with Crippen LogP contribution in [0.25, 0.3) is 0 Å². The molecular weight excluding hydrogens is 434 g/mol. The molecule has 0 fully saturated rings. The highest BCUT2D eigenvalue weighted by Gasteiger charge is 2.30. The van der Waals surface area contributed by atoms with Crippen LogP contribution in [0, 0.1) is 0 Å². The average Bonchev–Trinajstić information content (AvgIpc) is 3.04. The number of anilines is 2. The van der Waals surface area contributed by atoms with Gasteiger partial charge in [-0.05, 0) is 48.1 Å². The fourth-order valence-corrected chi connectivity index (χ4v) is 2.82. The summed E-state index contributed by atoms with van der Waals surface area (Å²) in [6, 6.07) is 9.92. The third-order valence-corrected chi connectivity index (χ3v) is 4.48. The van der Waals surface area contributed by atoms with Gasteiger partial charge >= 0.3 is 6.18 Å². The van der Waals surface area contributed by atoms with Crippen LogP contribution < -0.4 is 10.6 Å². The summed E-state index contributed by atoms with van der Waals surface area (Å²) in [5, 5.41) is 10.6. The van der Waals surface area contributed by atoms with Crippen LogP contribution in [0.5, 0.6) is 0 Å². The quantitative estimate of drug-likeness (QED) is 0.522. The van der Waals surface area contributed by atoms with E-state index in [4.69, 9.17) is 35.4 Å². The van der Waals surface area contributed by atoms with Gasteiger partial charge in [-0.25, -0.2) is 9.67 Å². The lowest BCUT2D eigenvalue weighted by Crippen LogP contribution is -2.20. The highest BCUT2D eigenvalue weighted by atomic mass is 35.5. The highest BCUT2D eigenvalue weighted by molar-refractivity contribution is 7.80. The predicted octanol–water partition coefficient (Wildman–Crippen LogP) is 5.46. The van der Waals surface area contributed by atoms with Crippen molar-refractivity contribution < 1.29 is 13.2 Å². The molecule has 3 aromatic rings. The molecule has 1 heterocycles. The molecule has 146 valence electrons. The van der Waals surface area contributed by atoms with Gasteiger partial charge in [-0.3, -0.25) is 5.32 Å². The summed E-state index contributed by atoms with van der Waals surface area (Å²) in [5.74, 6) is 0.199. The number of thiocarbonyl (C=S) groups is 1. The minimum Gasteiger partial charge on any atom is -0.332 e. The van der Waals surface area contributed by atoms with E-state index < -0.39 is 11.7 Å². The second kappa shape index (κ2) is 8.34. The summed E-state index contributed by atoms with van der Waals surface area (Å²) in [5.41, 5.74) is 0.294. The van der Waals surface area contributed by atoms with E-state index in [9.17, 15) is 13.2 Å². The molecule has 0 saturated heterocycles. The lowest BCUT2D eigenvalue weighted by Gasteiger charge is -2.11. The number of halogens is 5. The third-order valence-electron chi connectivity index (χ3n) is 3.54. The Morgan fingerprint density at radius 2 is 1.86 bits per heavy atom. The summed E-state index contributed by atoms with van der Waals surface area (Å²) < 4.78 is 39.8. The molecule has 0 amide bonds. The largest absolute Gasteiger partial charge is 0.416 e. The van der Waals surface area contributed by atoms with Gasteiger partial charge < -0.3 is 5.32 Å². The molecule has 0 aliphatic heterocycles. The van der Waals surface area contributed by atoms with Crippen LogP contribution in [0.15, 0.2) is 48.8 Å². The van der Waals surface area contributed by atoms with Crippen LogP contribution >= 0.6 is 35.4 Å². The summed E-state index contributed by atoms with van der Waals surface area (Å²) >= 11 is 17.0. The Morgan fingerprint density at radius 1 is 1.07 bits per heavy atom. The van der Waals surface area contributed by atoms with Gasteiger partial charge in [0.25, 0.3) is 0 Å². The normalized spacial score (nSPS) is 11.3. The number of hydrogen-bond donors (Lipinski definition) is 2. The maximum absolute atomic E-state index is 12.8. The van der Waals surface area contributed by atoms with Crippen LogP contribution in [0.2, 0.25) is 10.0 Å². The van der Waals surface area contributed by atoms with Gasteiger partial charge in [-0.2, -0.15) is 13.2 Å². The minimum absolute atomic E-state index is 0.0617. The molecule has 0 radical (unpaired) electrons. The van der Waals surface area contributed by atoms with E-state index >= 15 is 0 Å². The van der Waals surface area contributed by atoms with Crippen LogP contribution in [0.4, 0.5) is 24.8 Å². The number of benzene rings is 2. The number of nitrogens with zero attached hydrogens (tertiary/aromatic N) is 3. The van der Waals surface area contributed by atoms with E-state index in [1.54, 1.807) is 16.8 Å². The molecule has 0 aliphatic rings. The van der Waals surface area contributed by atoms with E-state index in [1.807, 2.05) is 6.07 Å². The van der Waals surface area contributed by atoms with E-state index in [1.165, 1.54) is 18.5 Å². The Balaban J connectivity index is 1.62. The third kappa shape index (κ3) is 5.34. The standard InChI is InChI=1S/C17H12Cl2F3N5S/c18-13-5-4-10(6-14(13)19)8-27-9-23-15(26-27)25-16(28)24-12-3-1-2-11(7-12)17(20,21)22/h1-7,9H,8H2,(H2,24,25,26,28). The van der Waals surface area contributed by atoms with Gasteiger partial charge in [0.15, 0.2) is 5.11 Å². The molecule has 28 heavy (non-hydrogen) atoms. The van der Waals surface area contributed by atoms with Crippen molar-refractivity contribution in [2.24, 2.45) is 0 Å². The van der Waals surface area contributed by atoms with E-state index in [2.05, 4.69) is 20.7 Å². The van der Waals surface area contributed by atoms with Crippen molar-refractivity contribution in [3.63, 3.8) is 0 Å². The molecule has 0 saturated carbocycles. The second-order valence-corrected chi connectivity index (χ2v) is 6.89. The first-order chi connectivity index (χ1) is 13.2. The highest BCUT2D eigenvalue weighted by Crippen LogP contribution is 2.30. The number of hydrogen-bond acceptors (Lipinski definition) is 3. The van der Waals surface area contributed by atoms with Crippen molar-refractivity contribution in [1.29, 1.82) is 0 Å². The van der Waals surface area contributed by atoms with Crippen molar-refractivity contribution in [1.82, 2.24) is 14.8 Å². The predicted molar refractivity (Wildman–Crippen MR) is 107 cm³/mol. The lowest BCUT2D eigenvalue weighted by atomic mass is 10.2. The summed E-state index contributed by atoms with van der Waals surface area (Å²) in [6.45, 7) is 0.402. The SMILES string of the molecule is FC(F)(F)c1cccc(NC(=S)Nc2ncn(Cc3ccc(Cl)c(Cl)c3)n2)c1. The first kappa shape index (κ1) is 20.4. The summed E-state index contributed by atoms with van der Waals surface area (Å²) in [6.07, 6.45) is -2.95. The Morgan fingerprint density at radius 3 is 2.57 bits per heavy atom. The molecule has 3 rings (SSSR count). The molecule has 2 N–H and O–H groups in total. The molecule has 11 heteroatoms. The number of aromatic nitrogens is 3. The first-order valence-electron chi connectivity index (χ1n) is 7.79. The second-order valence-electron chi connectivity index (χ2n) is 5.67. The molecule has 5 nitrogen and oxygen atoms in total. The van der Waals surface area contributed by atoms with Crippen LogP contribution in [0.3, 0.4) is 0 Å². The monoisotopic (exact) mass is 445 g/mol. The number of nitrogens with one attached hydrogen (secondary N) is 2. The van der Waals surface area contributed by atoms with Crippen molar-refractivity contribution in [3.05, 3.63) is 70.0 Å². The van der Waals surface area contributed by atoms with Crippen molar-refractivity contribution in [2.45, 2.75) is 12.7 Å². The smallest absolute Gasteiger partial charge is 0.332 e. The minimum atomic E-state index is -4.43. The Bertz CT molecular complexity index is 1010. The van der Waals surface area contributed by atoms with Crippen molar-refractivity contribution in [3.8, 4) is 0 Å². The van der Waals surface area contributed by atoms with Gasteiger partial charge in [-0.15, -0.1) is 5.10 Å². The Kier molecular flexibility index (Phi) is 6.07. The zero-order chi connectivity index (χ0) is 20.3. The number of alkyl halides is 3. The lowest BCUT2D eigenvalue weighted by molar-refractivity contribution is -0.137. The van der Waals surface area contributed by atoms with E-state index in [0.29, 0.717) is 16.6 Å². The van der Waals surface area contributed by atoms with Crippen LogP contribution in [-0.4, -0.2) is 19.9 Å². The van der Waals surface area contributed by atoms with Crippen molar-refractivity contribution >= 4 is 52.2 Å². The van der Waals surface area contributed by atoms with Gasteiger partial charge in [-0.1, -0.05) is 35.3 Å². The van der Waals surface area contributed by atoms with Gasteiger partial charge in [0.1, 0.15) is 6.33 Å². The first-order valence-corrected chi connectivity index (χ1v) is 8.96. The maximum Gasteiger partial charge on any atom is 0.416 e. The Labute approximate surface area is 173 Å². The van der Waals surface area contributed by atoms with Crippen molar-refractivity contribution in [2.75, 3.05) is 10.6 Å². The molecule has 2 aromatic carbocycles. The number of rotatable bonds is 4. The Hall–Kier alpha value is -2.36. The molecule has 0 atom stereocenters. The van der Waals surface area contributed by atoms with Crippen LogP contribution in [-0.2, 0) is 12.7 Å². The van der Waals surface area contributed by atoms with Crippen LogP contribution in [0.1, 0.15) is 11.1 Å². The van der Waals surface area contributed by atoms with Gasteiger partial charge in [0.2, 0.25) is 5.95 Å². The fraction of sp³-hybridized carbons (Fsp3) is 0.118. The fourth-order valence-electron chi connectivity index (χ4n) is 2.29. The zero-order valence-corrected chi connectivity index (χ0v) is 16.3. The maximum atomic E-state index is 12.8. The summed E-state index contributed by atoms with van der Waals surface area (Å²) in [7, 11) is 0. The van der Waals surface area contributed by atoms with Gasteiger partial charge in [0, 0.05) is 5.69 Å². The molecule has 0 unspecified atom stereocenters. The van der Waals surface area contributed by atoms with E-state index in [0.717, 1.165) is 17.7 Å². The molecule has 1 aromatic heterocycles. The molecule has 0 spiro atoms. The van der Waals surface area contributed by atoms with Gasteiger partial charge in [0.05, 0.1) is 22.2 Å². The molecular formula is C17H12Cl2F3N5S. The average molecular weight is 446 g/mol.